The third-order valence-corrected chi connectivity index (χ3v) is 2.93. The lowest BCUT2D eigenvalue weighted by Gasteiger charge is -2.26. The van der Waals surface area contributed by atoms with Crippen molar-refractivity contribution in [3.05, 3.63) is 16.4 Å². The maximum atomic E-state index is 11.1. The number of carbonyl (C=O) groups excluding carboxylic acids is 1. The van der Waals surface area contributed by atoms with Crippen LogP contribution in [0.5, 0.6) is 0 Å². The topological polar surface area (TPSA) is 38.1 Å². The van der Waals surface area contributed by atoms with Crippen molar-refractivity contribution in [1.29, 1.82) is 0 Å². The lowest BCUT2D eigenvalue weighted by Crippen LogP contribution is -2.37. The third-order valence-electron chi connectivity index (χ3n) is 2.27. The second-order valence-corrected chi connectivity index (χ2v) is 3.96. The summed E-state index contributed by atoms with van der Waals surface area (Å²) in [7, 11) is 0. The molecule has 0 unspecified atom stereocenters. The average Bonchev–Trinajstić information content (AvgIpc) is 2.47. The fraction of sp³-hybridized carbons (Fsp3) is 0.500. The summed E-state index contributed by atoms with van der Waals surface area (Å²) in [6.45, 7) is 3.81. The minimum Gasteiger partial charge on any atom is -0.335 e. The van der Waals surface area contributed by atoms with Gasteiger partial charge in [0.2, 0.25) is 5.91 Å². The number of hydrogen-bond acceptors (Lipinski definition) is 2. The molecule has 0 radical (unpaired) electrons. The molecule has 0 atom stereocenters. The highest BCUT2D eigenvalue weighted by atomic mass is 79.9. The number of amides is 1. The Morgan fingerprint density at radius 2 is 2.38 bits per heavy atom. The van der Waals surface area contributed by atoms with E-state index in [2.05, 4.69) is 21.0 Å². The van der Waals surface area contributed by atoms with Crippen molar-refractivity contribution >= 4 is 21.8 Å². The molecule has 70 valence electrons. The lowest BCUT2D eigenvalue weighted by atomic mass is 10.3. The molecule has 0 saturated heterocycles. The monoisotopic (exact) mass is 243 g/mol. The highest BCUT2D eigenvalue weighted by Gasteiger charge is 2.20. The van der Waals surface area contributed by atoms with Gasteiger partial charge in [-0.2, -0.15) is 5.10 Å². The third kappa shape index (κ3) is 1.48. The molecular weight excluding hydrogens is 234 g/mol. The summed E-state index contributed by atoms with van der Waals surface area (Å²) in [5, 5.41) is 4.18. The van der Waals surface area contributed by atoms with E-state index >= 15 is 0 Å². The molecule has 0 spiro atoms. The van der Waals surface area contributed by atoms with Crippen LogP contribution in [-0.2, 0) is 17.9 Å². The number of halogens is 1. The van der Waals surface area contributed by atoms with Gasteiger partial charge < -0.3 is 4.90 Å². The predicted molar refractivity (Wildman–Crippen MR) is 51.0 cm³/mol. The summed E-state index contributed by atoms with van der Waals surface area (Å²) >= 11 is 3.41. The second-order valence-electron chi connectivity index (χ2n) is 3.10. The van der Waals surface area contributed by atoms with Crippen LogP contribution in [0, 0.1) is 0 Å². The fourth-order valence-electron chi connectivity index (χ4n) is 1.48. The van der Waals surface area contributed by atoms with Crippen molar-refractivity contribution < 1.29 is 4.79 Å². The maximum Gasteiger partial charge on any atom is 0.219 e. The van der Waals surface area contributed by atoms with E-state index in [0.717, 1.165) is 23.3 Å². The highest BCUT2D eigenvalue weighted by Crippen LogP contribution is 2.20. The van der Waals surface area contributed by atoms with E-state index in [0.29, 0.717) is 6.54 Å². The molecule has 1 amide bonds. The van der Waals surface area contributed by atoms with Gasteiger partial charge in [0.05, 0.1) is 29.5 Å². The Kier molecular flexibility index (Phi) is 2.11. The Bertz CT molecular complexity index is 347. The number of fused-ring (bicyclic) bond motifs is 1. The summed E-state index contributed by atoms with van der Waals surface area (Å²) in [6, 6.07) is 0. The number of carbonyl (C=O) groups is 1. The number of nitrogens with zero attached hydrogens (tertiary/aromatic N) is 3. The van der Waals surface area contributed by atoms with Gasteiger partial charge in [0.15, 0.2) is 0 Å². The Labute approximate surface area is 84.6 Å². The minimum atomic E-state index is 0.124. The number of rotatable bonds is 0. The minimum absolute atomic E-state index is 0.124. The van der Waals surface area contributed by atoms with Crippen LogP contribution >= 0.6 is 15.9 Å². The molecule has 0 aromatic carbocycles. The molecule has 0 N–H and O–H groups in total. The molecule has 1 aliphatic rings. The summed E-state index contributed by atoms with van der Waals surface area (Å²) < 4.78 is 2.92. The van der Waals surface area contributed by atoms with Crippen LogP contribution in [0.1, 0.15) is 12.6 Å². The summed E-state index contributed by atoms with van der Waals surface area (Å²) in [5.41, 5.74) is 1.08. The van der Waals surface area contributed by atoms with Crippen LogP contribution in [0.15, 0.2) is 10.7 Å². The van der Waals surface area contributed by atoms with Crippen molar-refractivity contribution in [3.63, 3.8) is 0 Å². The zero-order valence-corrected chi connectivity index (χ0v) is 8.91. The van der Waals surface area contributed by atoms with Crippen LogP contribution in [0.4, 0.5) is 0 Å². The van der Waals surface area contributed by atoms with E-state index < -0.39 is 0 Å². The van der Waals surface area contributed by atoms with Crippen molar-refractivity contribution in [3.8, 4) is 0 Å². The lowest BCUT2D eigenvalue weighted by molar-refractivity contribution is -0.130. The molecule has 2 heterocycles. The highest BCUT2D eigenvalue weighted by molar-refractivity contribution is 9.10. The molecule has 1 aromatic heterocycles. The SMILES string of the molecule is CC(=O)N1CCn2ncc(Br)c2C1. The first kappa shape index (κ1) is 8.74. The number of aromatic nitrogens is 2. The van der Waals surface area contributed by atoms with Crippen LogP contribution in [0.3, 0.4) is 0 Å². The van der Waals surface area contributed by atoms with Crippen molar-refractivity contribution in [2.24, 2.45) is 0 Å². The molecule has 0 bridgehead atoms. The van der Waals surface area contributed by atoms with Gasteiger partial charge in [-0.05, 0) is 15.9 Å². The van der Waals surface area contributed by atoms with Gasteiger partial charge in [-0.25, -0.2) is 0 Å². The van der Waals surface area contributed by atoms with E-state index in [1.165, 1.54) is 0 Å². The normalized spacial score (nSPS) is 15.7. The Balaban J connectivity index is 2.27. The van der Waals surface area contributed by atoms with E-state index in [-0.39, 0.29) is 5.91 Å². The van der Waals surface area contributed by atoms with Gasteiger partial charge in [-0.15, -0.1) is 0 Å². The zero-order chi connectivity index (χ0) is 9.42. The molecule has 2 rings (SSSR count). The van der Waals surface area contributed by atoms with E-state index in [9.17, 15) is 4.79 Å². The predicted octanol–water partition coefficient (Wildman–Crippen LogP) is 1.01. The molecule has 13 heavy (non-hydrogen) atoms. The van der Waals surface area contributed by atoms with Crippen molar-refractivity contribution in [1.82, 2.24) is 14.7 Å². The van der Waals surface area contributed by atoms with Gasteiger partial charge in [-0.1, -0.05) is 0 Å². The summed E-state index contributed by atoms with van der Waals surface area (Å²) in [4.78, 5) is 12.9. The molecular formula is C8H10BrN3O. The smallest absolute Gasteiger partial charge is 0.219 e. The Hall–Kier alpha value is -0.840. The second kappa shape index (κ2) is 3.14. The molecule has 5 heteroatoms. The van der Waals surface area contributed by atoms with Gasteiger partial charge in [0.25, 0.3) is 0 Å². The Morgan fingerprint density at radius 3 is 3.08 bits per heavy atom. The fourth-order valence-corrected chi connectivity index (χ4v) is 1.90. The van der Waals surface area contributed by atoms with Crippen molar-refractivity contribution in [2.45, 2.75) is 20.0 Å². The molecule has 0 fully saturated rings. The van der Waals surface area contributed by atoms with Crippen molar-refractivity contribution in [2.75, 3.05) is 6.54 Å². The first-order chi connectivity index (χ1) is 6.18. The molecule has 0 saturated carbocycles. The average molecular weight is 244 g/mol. The standard InChI is InChI=1S/C8H10BrN3O/c1-6(13)11-2-3-12-8(5-11)7(9)4-10-12/h4H,2-3,5H2,1H3. The Morgan fingerprint density at radius 1 is 1.62 bits per heavy atom. The van der Waals surface area contributed by atoms with Crippen LogP contribution in [0.25, 0.3) is 0 Å². The van der Waals surface area contributed by atoms with E-state index in [1.54, 1.807) is 13.1 Å². The first-order valence-electron chi connectivity index (χ1n) is 4.14. The van der Waals surface area contributed by atoms with Gasteiger partial charge in [-0.3, -0.25) is 9.48 Å². The van der Waals surface area contributed by atoms with Crippen LogP contribution in [0.2, 0.25) is 0 Å². The summed E-state index contributed by atoms with van der Waals surface area (Å²) in [6.07, 6.45) is 1.78. The largest absolute Gasteiger partial charge is 0.335 e. The van der Waals surface area contributed by atoms with E-state index in [4.69, 9.17) is 0 Å². The zero-order valence-electron chi connectivity index (χ0n) is 7.33. The molecule has 0 aliphatic carbocycles. The molecule has 1 aliphatic heterocycles. The van der Waals surface area contributed by atoms with Crippen LogP contribution < -0.4 is 0 Å². The molecule has 4 nitrogen and oxygen atoms in total. The first-order valence-corrected chi connectivity index (χ1v) is 4.93. The molecule has 1 aromatic rings. The maximum absolute atomic E-state index is 11.1. The van der Waals surface area contributed by atoms with E-state index in [1.807, 2.05) is 9.58 Å². The van der Waals surface area contributed by atoms with Gasteiger partial charge in [0, 0.05) is 13.5 Å². The van der Waals surface area contributed by atoms with Gasteiger partial charge in [0.1, 0.15) is 0 Å². The van der Waals surface area contributed by atoms with Gasteiger partial charge >= 0.3 is 0 Å². The van der Waals surface area contributed by atoms with Crippen LogP contribution in [-0.4, -0.2) is 27.1 Å². The quantitative estimate of drug-likeness (QED) is 0.683. The number of hydrogen-bond donors (Lipinski definition) is 0. The summed E-state index contributed by atoms with van der Waals surface area (Å²) in [5.74, 6) is 0.124.